The van der Waals surface area contributed by atoms with Crippen LogP contribution in [0.1, 0.15) is 47.3 Å². The maximum Gasteiger partial charge on any atom is 0.327 e. The van der Waals surface area contributed by atoms with Gasteiger partial charge in [-0.3, -0.25) is 29.9 Å². The first kappa shape index (κ1) is 20.1. The van der Waals surface area contributed by atoms with Gasteiger partial charge in [0.2, 0.25) is 0 Å². The van der Waals surface area contributed by atoms with Gasteiger partial charge in [0.1, 0.15) is 5.76 Å². The Bertz CT molecular complexity index is 1070. The topological polar surface area (TPSA) is 131 Å². The van der Waals surface area contributed by atoms with Crippen molar-refractivity contribution in [2.24, 2.45) is 7.05 Å². The number of pyridine rings is 1. The van der Waals surface area contributed by atoms with E-state index in [1.54, 1.807) is 36.9 Å². The van der Waals surface area contributed by atoms with Gasteiger partial charge in [-0.05, 0) is 31.0 Å². The van der Waals surface area contributed by atoms with Crippen molar-refractivity contribution in [2.75, 3.05) is 0 Å². The minimum Gasteiger partial charge on any atom is -0.467 e. The lowest BCUT2D eigenvalue weighted by atomic mass is 10.0. The highest BCUT2D eigenvalue weighted by atomic mass is 16.3. The molecule has 3 rings (SSSR count). The molecule has 0 atom stereocenters. The Morgan fingerprint density at radius 2 is 1.97 bits per heavy atom. The van der Waals surface area contributed by atoms with E-state index in [9.17, 15) is 14.4 Å². The highest BCUT2D eigenvalue weighted by Gasteiger charge is 2.21. The molecule has 0 bridgehead atoms. The summed E-state index contributed by atoms with van der Waals surface area (Å²) in [5.74, 6) is -1.88. The van der Waals surface area contributed by atoms with E-state index >= 15 is 0 Å². The van der Waals surface area contributed by atoms with E-state index in [4.69, 9.17) is 4.42 Å². The van der Waals surface area contributed by atoms with Crippen LogP contribution in [0.5, 0.6) is 0 Å². The summed E-state index contributed by atoms with van der Waals surface area (Å²) in [6.07, 6.45) is 1.46. The van der Waals surface area contributed by atoms with Crippen molar-refractivity contribution >= 4 is 28.8 Å². The number of aromatic nitrogens is 3. The third-order valence-corrected chi connectivity index (χ3v) is 4.32. The van der Waals surface area contributed by atoms with Crippen LogP contribution in [0.3, 0.4) is 0 Å². The molecular formula is C19H22N6O4. The molecule has 0 fully saturated rings. The van der Waals surface area contributed by atoms with E-state index in [2.05, 4.69) is 26.3 Å². The number of carbonyl (C=O) groups is 3. The molecule has 152 valence electrons. The van der Waals surface area contributed by atoms with Crippen LogP contribution in [0.4, 0.5) is 0 Å². The zero-order chi connectivity index (χ0) is 21.1. The molecule has 0 saturated heterocycles. The molecule has 10 heteroatoms. The Kier molecular flexibility index (Phi) is 5.62. The fourth-order valence-electron chi connectivity index (χ4n) is 2.84. The summed E-state index contributed by atoms with van der Waals surface area (Å²) in [5, 5.41) is 7.30. The van der Waals surface area contributed by atoms with Crippen molar-refractivity contribution in [3.8, 4) is 0 Å². The third-order valence-electron chi connectivity index (χ3n) is 4.32. The summed E-state index contributed by atoms with van der Waals surface area (Å²) in [5.41, 5.74) is 6.65. The number of nitrogens with zero attached hydrogens (tertiary/aromatic N) is 3. The number of fused-ring (bicyclic) bond motifs is 1. The van der Waals surface area contributed by atoms with Crippen LogP contribution in [-0.2, 0) is 23.2 Å². The molecule has 0 radical (unpaired) electrons. The second-order valence-electron chi connectivity index (χ2n) is 6.83. The summed E-state index contributed by atoms with van der Waals surface area (Å²) in [6.45, 7) is 5.76. The summed E-state index contributed by atoms with van der Waals surface area (Å²) < 4.78 is 6.68. The number of furan rings is 1. The molecule has 10 nitrogen and oxygen atoms in total. The molecule has 0 saturated carbocycles. The zero-order valence-corrected chi connectivity index (χ0v) is 16.6. The van der Waals surface area contributed by atoms with Crippen LogP contribution < -0.4 is 16.2 Å². The van der Waals surface area contributed by atoms with Crippen LogP contribution in [0.2, 0.25) is 0 Å². The predicted molar refractivity (Wildman–Crippen MR) is 103 cm³/mol. The second-order valence-corrected chi connectivity index (χ2v) is 6.83. The average Bonchev–Trinajstić information content (AvgIpc) is 3.31. The van der Waals surface area contributed by atoms with E-state index in [0.29, 0.717) is 33.7 Å². The van der Waals surface area contributed by atoms with Crippen molar-refractivity contribution < 1.29 is 18.8 Å². The molecule has 0 aromatic carbocycles. The van der Waals surface area contributed by atoms with Gasteiger partial charge < -0.3 is 9.73 Å². The van der Waals surface area contributed by atoms with Gasteiger partial charge in [-0.2, -0.15) is 5.10 Å². The monoisotopic (exact) mass is 398 g/mol. The predicted octanol–water partition coefficient (Wildman–Crippen LogP) is 1.07. The van der Waals surface area contributed by atoms with Crippen molar-refractivity contribution in [1.29, 1.82) is 0 Å². The van der Waals surface area contributed by atoms with Crippen LogP contribution >= 0.6 is 0 Å². The summed E-state index contributed by atoms with van der Waals surface area (Å²) in [4.78, 5) is 41.1. The Morgan fingerprint density at radius 3 is 2.62 bits per heavy atom. The molecule has 3 heterocycles. The maximum absolute atomic E-state index is 12.7. The van der Waals surface area contributed by atoms with E-state index in [1.165, 1.54) is 6.26 Å². The van der Waals surface area contributed by atoms with Gasteiger partial charge in [0.05, 0.1) is 29.5 Å². The van der Waals surface area contributed by atoms with Gasteiger partial charge in [0.25, 0.3) is 5.91 Å². The Hall–Kier alpha value is -3.69. The zero-order valence-electron chi connectivity index (χ0n) is 16.6. The van der Waals surface area contributed by atoms with Crippen LogP contribution in [-0.4, -0.2) is 32.5 Å². The number of nitrogens with one attached hydrogen (secondary N) is 3. The highest BCUT2D eigenvalue weighted by Crippen LogP contribution is 2.24. The van der Waals surface area contributed by atoms with E-state index in [-0.39, 0.29) is 12.5 Å². The molecule has 29 heavy (non-hydrogen) atoms. The molecule has 3 N–H and O–H groups in total. The van der Waals surface area contributed by atoms with Gasteiger partial charge in [0, 0.05) is 12.7 Å². The van der Waals surface area contributed by atoms with Gasteiger partial charge in [-0.1, -0.05) is 13.8 Å². The lowest BCUT2D eigenvalue weighted by Gasteiger charge is -2.11. The van der Waals surface area contributed by atoms with E-state index < -0.39 is 17.7 Å². The standard InChI is InChI=1S/C19H22N6O4/c1-10(2)14-8-13(15-11(3)24-25(4)16(15)21-14)17(26)22-23-19(28)18(27)20-9-12-6-5-7-29-12/h5-8,10H,9H2,1-4H3,(H,20,27)(H,22,26)(H,23,28). The van der Waals surface area contributed by atoms with Gasteiger partial charge in [-0.15, -0.1) is 0 Å². The first-order valence-electron chi connectivity index (χ1n) is 9.03. The molecule has 0 aliphatic carbocycles. The van der Waals surface area contributed by atoms with Gasteiger partial charge in [0.15, 0.2) is 5.65 Å². The Morgan fingerprint density at radius 1 is 1.21 bits per heavy atom. The number of hydrogen-bond donors (Lipinski definition) is 3. The lowest BCUT2D eigenvalue weighted by molar-refractivity contribution is -0.139. The van der Waals surface area contributed by atoms with E-state index in [1.807, 2.05) is 13.8 Å². The molecule has 3 amide bonds. The first-order valence-corrected chi connectivity index (χ1v) is 9.03. The fourth-order valence-corrected chi connectivity index (χ4v) is 2.84. The number of hydrogen-bond acceptors (Lipinski definition) is 6. The SMILES string of the molecule is Cc1nn(C)c2nc(C(C)C)cc(C(=O)NNC(=O)C(=O)NCc3ccco3)c12. The quantitative estimate of drug-likeness (QED) is 0.445. The van der Waals surface area contributed by atoms with Crippen LogP contribution in [0, 0.1) is 6.92 Å². The van der Waals surface area contributed by atoms with Crippen molar-refractivity contribution in [1.82, 2.24) is 30.9 Å². The molecule has 0 unspecified atom stereocenters. The van der Waals surface area contributed by atoms with Crippen molar-refractivity contribution in [3.63, 3.8) is 0 Å². The van der Waals surface area contributed by atoms with E-state index in [0.717, 1.165) is 0 Å². The van der Waals surface area contributed by atoms with Crippen LogP contribution in [0.25, 0.3) is 11.0 Å². The number of carbonyl (C=O) groups excluding carboxylic acids is 3. The summed E-state index contributed by atoms with van der Waals surface area (Å²) in [6, 6.07) is 5.00. The number of rotatable bonds is 4. The fraction of sp³-hybridized carbons (Fsp3) is 0.316. The van der Waals surface area contributed by atoms with Crippen LogP contribution in [0.15, 0.2) is 28.9 Å². The summed E-state index contributed by atoms with van der Waals surface area (Å²) in [7, 11) is 1.75. The minimum atomic E-state index is -0.998. The number of hydrazine groups is 1. The minimum absolute atomic E-state index is 0.0603. The molecule has 3 aromatic heterocycles. The molecule has 3 aromatic rings. The first-order chi connectivity index (χ1) is 13.8. The van der Waals surface area contributed by atoms with Gasteiger partial charge in [-0.25, -0.2) is 4.98 Å². The molecule has 0 aliphatic rings. The molecular weight excluding hydrogens is 376 g/mol. The average molecular weight is 398 g/mol. The smallest absolute Gasteiger partial charge is 0.327 e. The summed E-state index contributed by atoms with van der Waals surface area (Å²) >= 11 is 0. The third kappa shape index (κ3) is 4.26. The Labute approximate surface area is 166 Å². The van der Waals surface area contributed by atoms with Crippen molar-refractivity contribution in [2.45, 2.75) is 33.2 Å². The van der Waals surface area contributed by atoms with Crippen molar-refractivity contribution in [3.05, 3.63) is 47.2 Å². The second kappa shape index (κ2) is 8.13. The maximum atomic E-state index is 12.7. The lowest BCUT2D eigenvalue weighted by Crippen LogP contribution is -2.48. The normalized spacial score (nSPS) is 10.9. The number of aryl methyl sites for hydroxylation is 2. The number of amides is 3. The highest BCUT2D eigenvalue weighted by molar-refractivity contribution is 6.35. The largest absolute Gasteiger partial charge is 0.467 e. The molecule has 0 aliphatic heterocycles. The Balaban J connectivity index is 1.72. The van der Waals surface area contributed by atoms with Gasteiger partial charge >= 0.3 is 11.8 Å². The molecule has 0 spiro atoms.